The number of hydrogen-bond acceptors (Lipinski definition) is 6. The Kier molecular flexibility index (Phi) is 10.3. The molecular formula is C11H21NO5S3. The molecule has 118 valence electrons. The van der Waals surface area contributed by atoms with E-state index >= 15 is 0 Å². The van der Waals surface area contributed by atoms with Crippen LogP contribution in [0.5, 0.6) is 0 Å². The van der Waals surface area contributed by atoms with E-state index in [9.17, 15) is 13.8 Å². The van der Waals surface area contributed by atoms with E-state index in [1.807, 2.05) is 0 Å². The van der Waals surface area contributed by atoms with Crippen LogP contribution in [-0.2, 0) is 20.4 Å². The van der Waals surface area contributed by atoms with Crippen LogP contribution in [0.2, 0.25) is 0 Å². The highest BCUT2D eigenvalue weighted by Gasteiger charge is 2.21. The zero-order valence-electron chi connectivity index (χ0n) is 11.0. The fourth-order valence-corrected chi connectivity index (χ4v) is 3.85. The number of rotatable bonds is 11. The van der Waals surface area contributed by atoms with Crippen LogP contribution in [-0.4, -0.2) is 48.0 Å². The average Bonchev–Trinajstić information content (AvgIpc) is 2.33. The number of carbonyl (C=O) groups is 2. The molecule has 4 N–H and O–H groups in total. The molecule has 0 aromatic carbocycles. The van der Waals surface area contributed by atoms with E-state index in [0.717, 1.165) is 6.42 Å². The minimum atomic E-state index is -1.44. The highest BCUT2D eigenvalue weighted by molar-refractivity contribution is 8.01. The topological polar surface area (TPSA) is 118 Å². The van der Waals surface area contributed by atoms with E-state index in [0.29, 0.717) is 19.3 Å². The summed E-state index contributed by atoms with van der Waals surface area (Å²) in [4.78, 5) is 20.9. The third-order valence-electron chi connectivity index (χ3n) is 2.62. The van der Waals surface area contributed by atoms with Gasteiger partial charge in [0.05, 0.1) is 10.3 Å². The number of hydrogen-bond donors (Lipinski definition) is 5. The quantitative estimate of drug-likeness (QED) is 0.279. The number of thiol groups is 2. The van der Waals surface area contributed by atoms with Crippen LogP contribution in [0.15, 0.2) is 0 Å². The van der Waals surface area contributed by atoms with Crippen molar-refractivity contribution >= 4 is 48.0 Å². The van der Waals surface area contributed by atoms with Gasteiger partial charge in [-0.3, -0.25) is 13.8 Å². The van der Waals surface area contributed by atoms with Gasteiger partial charge in [0.25, 0.3) is 0 Å². The standard InChI is InChI=1S/C11H21NO5S3/c12-8(11(15)16)6-20(17)10(19)5-7(18)3-1-2-4-9(13)14/h7-8,10,18-19H,1-6,12H2,(H,13,14)(H,15,16). The van der Waals surface area contributed by atoms with Crippen LogP contribution < -0.4 is 5.73 Å². The SMILES string of the molecule is NC(CS(=O)C(S)CC(S)CCCCC(=O)O)C(=O)O. The lowest BCUT2D eigenvalue weighted by molar-refractivity contribution is -0.138. The molecule has 9 heteroatoms. The van der Waals surface area contributed by atoms with Gasteiger partial charge in [-0.1, -0.05) is 6.42 Å². The minimum Gasteiger partial charge on any atom is -0.481 e. The van der Waals surface area contributed by atoms with Crippen molar-refractivity contribution in [2.24, 2.45) is 5.73 Å². The lowest BCUT2D eigenvalue weighted by Crippen LogP contribution is -2.37. The maximum Gasteiger partial charge on any atom is 0.321 e. The van der Waals surface area contributed by atoms with Crippen molar-refractivity contribution in [1.29, 1.82) is 0 Å². The number of carboxylic acid groups (broad SMARTS) is 2. The van der Waals surface area contributed by atoms with Crippen molar-refractivity contribution in [3.63, 3.8) is 0 Å². The molecule has 0 aromatic rings. The van der Waals surface area contributed by atoms with E-state index in [2.05, 4.69) is 25.3 Å². The first-order chi connectivity index (χ1) is 9.23. The molecule has 0 aliphatic rings. The molecule has 0 fully saturated rings. The Morgan fingerprint density at radius 3 is 2.30 bits per heavy atom. The van der Waals surface area contributed by atoms with Gasteiger partial charge in [-0.15, -0.1) is 0 Å². The van der Waals surface area contributed by atoms with Crippen LogP contribution >= 0.6 is 25.3 Å². The Morgan fingerprint density at radius 1 is 1.20 bits per heavy atom. The van der Waals surface area contributed by atoms with Gasteiger partial charge in [-0.25, -0.2) is 0 Å². The van der Waals surface area contributed by atoms with E-state index in [1.165, 1.54) is 0 Å². The fourth-order valence-electron chi connectivity index (χ4n) is 1.47. The van der Waals surface area contributed by atoms with Crippen LogP contribution in [0, 0.1) is 0 Å². The summed E-state index contributed by atoms with van der Waals surface area (Å²) in [5.41, 5.74) is 5.31. The number of nitrogens with two attached hydrogens (primary N) is 1. The summed E-state index contributed by atoms with van der Waals surface area (Å²) in [6.45, 7) is 0. The van der Waals surface area contributed by atoms with Gasteiger partial charge < -0.3 is 15.9 Å². The molecule has 0 radical (unpaired) electrons. The third kappa shape index (κ3) is 9.62. The molecule has 4 atom stereocenters. The highest BCUT2D eigenvalue weighted by Crippen LogP contribution is 2.19. The summed E-state index contributed by atoms with van der Waals surface area (Å²) in [6, 6.07) is -1.15. The van der Waals surface area contributed by atoms with Crippen molar-refractivity contribution in [3.05, 3.63) is 0 Å². The Hall–Kier alpha value is -0.250. The minimum absolute atomic E-state index is 0.0451. The molecule has 0 saturated carbocycles. The molecule has 6 nitrogen and oxygen atoms in total. The zero-order chi connectivity index (χ0) is 15.7. The number of unbranched alkanes of at least 4 members (excludes halogenated alkanes) is 1. The van der Waals surface area contributed by atoms with Crippen molar-refractivity contribution < 1.29 is 24.0 Å². The molecule has 0 rings (SSSR count). The third-order valence-corrected chi connectivity index (χ3v) is 5.49. The smallest absolute Gasteiger partial charge is 0.321 e. The number of carboxylic acids is 2. The highest BCUT2D eigenvalue weighted by atomic mass is 32.2. The van der Waals surface area contributed by atoms with Crippen molar-refractivity contribution in [2.45, 2.75) is 48.0 Å². The van der Waals surface area contributed by atoms with Gasteiger partial charge in [-0.2, -0.15) is 25.3 Å². The molecule has 0 aliphatic heterocycles. The Labute approximate surface area is 131 Å². The second kappa shape index (κ2) is 10.5. The van der Waals surface area contributed by atoms with Crippen LogP contribution in [0.3, 0.4) is 0 Å². The number of aliphatic carboxylic acids is 2. The van der Waals surface area contributed by atoms with Crippen LogP contribution in [0.25, 0.3) is 0 Å². The predicted molar refractivity (Wildman–Crippen MR) is 84.9 cm³/mol. The molecule has 0 saturated heterocycles. The molecule has 20 heavy (non-hydrogen) atoms. The van der Waals surface area contributed by atoms with E-state index in [-0.39, 0.29) is 17.4 Å². The molecule has 0 amide bonds. The molecule has 0 aliphatic carbocycles. The van der Waals surface area contributed by atoms with Crippen molar-refractivity contribution in [1.82, 2.24) is 0 Å². The van der Waals surface area contributed by atoms with Gasteiger partial charge >= 0.3 is 11.9 Å². The molecule has 4 unspecified atom stereocenters. The normalized spacial score (nSPS) is 17.1. The molecule has 0 heterocycles. The van der Waals surface area contributed by atoms with Gasteiger partial charge in [0.2, 0.25) is 0 Å². The molecular weight excluding hydrogens is 322 g/mol. The lowest BCUT2D eigenvalue weighted by atomic mass is 10.1. The summed E-state index contributed by atoms with van der Waals surface area (Å²) in [5.74, 6) is -2.14. The fraction of sp³-hybridized carbons (Fsp3) is 0.818. The lowest BCUT2D eigenvalue weighted by Gasteiger charge is -2.16. The van der Waals surface area contributed by atoms with E-state index < -0.39 is 33.4 Å². The summed E-state index contributed by atoms with van der Waals surface area (Å²) in [7, 11) is -1.44. The second-order valence-corrected chi connectivity index (χ2v) is 7.84. The zero-order valence-corrected chi connectivity index (χ0v) is 13.6. The Morgan fingerprint density at radius 2 is 1.80 bits per heavy atom. The first kappa shape index (κ1) is 19.8. The van der Waals surface area contributed by atoms with Crippen LogP contribution in [0.4, 0.5) is 0 Å². The maximum atomic E-state index is 11.8. The summed E-state index contributed by atoms with van der Waals surface area (Å²) in [5, 5.41) is 17.1. The van der Waals surface area contributed by atoms with Gasteiger partial charge in [-0.05, 0) is 19.3 Å². The van der Waals surface area contributed by atoms with E-state index in [1.54, 1.807) is 0 Å². The molecule has 0 bridgehead atoms. The largest absolute Gasteiger partial charge is 0.481 e. The van der Waals surface area contributed by atoms with E-state index in [4.69, 9.17) is 15.9 Å². The Bertz CT molecular complexity index is 353. The van der Waals surface area contributed by atoms with Gasteiger partial charge in [0.1, 0.15) is 6.04 Å². The first-order valence-corrected chi connectivity index (χ1v) is 8.59. The predicted octanol–water partition coefficient (Wildman–Crippen LogP) is 0.736. The second-order valence-electron chi connectivity index (χ2n) is 4.48. The van der Waals surface area contributed by atoms with Crippen molar-refractivity contribution in [2.75, 3.05) is 5.75 Å². The average molecular weight is 343 g/mol. The molecule has 0 aromatic heterocycles. The first-order valence-electron chi connectivity index (χ1n) is 6.17. The van der Waals surface area contributed by atoms with Gasteiger partial charge in [0, 0.05) is 22.5 Å². The maximum absolute atomic E-state index is 11.8. The Balaban J connectivity index is 3.93. The van der Waals surface area contributed by atoms with Crippen molar-refractivity contribution in [3.8, 4) is 0 Å². The van der Waals surface area contributed by atoms with Crippen LogP contribution in [0.1, 0.15) is 32.1 Å². The molecule has 0 spiro atoms. The summed E-state index contributed by atoms with van der Waals surface area (Å²) >= 11 is 8.53. The van der Waals surface area contributed by atoms with Gasteiger partial charge in [0.15, 0.2) is 0 Å². The summed E-state index contributed by atoms with van der Waals surface area (Å²) in [6.07, 6.45) is 2.59. The summed E-state index contributed by atoms with van der Waals surface area (Å²) < 4.78 is 11.3. The monoisotopic (exact) mass is 343 g/mol.